The van der Waals surface area contributed by atoms with Gasteiger partial charge in [0.15, 0.2) is 0 Å². The summed E-state index contributed by atoms with van der Waals surface area (Å²) in [5.74, 6) is 1.32. The van der Waals surface area contributed by atoms with E-state index in [1.807, 2.05) is 24.3 Å². The fourth-order valence-electron chi connectivity index (χ4n) is 4.23. The van der Waals surface area contributed by atoms with Crippen LogP contribution in [0.5, 0.6) is 0 Å². The van der Waals surface area contributed by atoms with Crippen molar-refractivity contribution in [3.63, 3.8) is 0 Å². The van der Waals surface area contributed by atoms with Gasteiger partial charge in [0.1, 0.15) is 0 Å². The van der Waals surface area contributed by atoms with Gasteiger partial charge in [-0.15, -0.1) is 0 Å². The smallest absolute Gasteiger partial charge is 0.306 e. The Morgan fingerprint density at radius 1 is 1.30 bits per heavy atom. The van der Waals surface area contributed by atoms with Crippen LogP contribution in [0, 0.1) is 23.7 Å². The van der Waals surface area contributed by atoms with E-state index in [1.54, 1.807) is 0 Å². The summed E-state index contributed by atoms with van der Waals surface area (Å²) in [7, 11) is 0. The van der Waals surface area contributed by atoms with Crippen LogP contribution in [0.3, 0.4) is 0 Å². The van der Waals surface area contributed by atoms with Crippen molar-refractivity contribution >= 4 is 17.6 Å². The van der Waals surface area contributed by atoms with Crippen molar-refractivity contribution in [3.8, 4) is 0 Å². The Kier molecular flexibility index (Phi) is 4.02. The molecule has 3 heteroatoms. The number of hydrogen-bond acceptors (Lipinski definition) is 1. The quantitative estimate of drug-likeness (QED) is 0.873. The average molecular weight is 293 g/mol. The number of hydrogen-bond donors (Lipinski definition) is 1. The summed E-state index contributed by atoms with van der Waals surface area (Å²) in [5, 5.41) is 10.2. The molecular formula is C17H21ClO2. The highest BCUT2D eigenvalue weighted by Gasteiger charge is 2.41. The number of halogens is 1. The lowest BCUT2D eigenvalue weighted by Gasteiger charge is -2.25. The van der Waals surface area contributed by atoms with E-state index in [1.165, 1.54) is 25.7 Å². The second-order valence-electron chi connectivity index (χ2n) is 6.50. The molecule has 4 unspecified atom stereocenters. The second-order valence-corrected chi connectivity index (χ2v) is 6.91. The van der Waals surface area contributed by atoms with Crippen molar-refractivity contribution in [1.82, 2.24) is 0 Å². The molecule has 0 aliphatic heterocycles. The minimum Gasteiger partial charge on any atom is -0.481 e. The monoisotopic (exact) mass is 292 g/mol. The van der Waals surface area contributed by atoms with Crippen LogP contribution in [-0.2, 0) is 11.2 Å². The van der Waals surface area contributed by atoms with E-state index in [4.69, 9.17) is 11.6 Å². The first kappa shape index (κ1) is 13.9. The zero-order valence-electron chi connectivity index (χ0n) is 11.6. The Morgan fingerprint density at radius 2 is 2.10 bits per heavy atom. The topological polar surface area (TPSA) is 37.3 Å². The Morgan fingerprint density at radius 3 is 2.70 bits per heavy atom. The van der Waals surface area contributed by atoms with E-state index in [0.29, 0.717) is 17.4 Å². The Balaban J connectivity index is 1.67. The third kappa shape index (κ3) is 2.85. The standard InChI is InChI=1S/C17H21ClO2/c18-16-4-2-1-3-13(16)9-15(17(19)20)10-14-8-11-5-6-12(14)7-11/h1-4,11-12,14-15H,5-10H2,(H,19,20). The molecule has 1 N–H and O–H groups in total. The van der Waals surface area contributed by atoms with Crippen LogP contribution in [0.1, 0.15) is 37.7 Å². The van der Waals surface area contributed by atoms with E-state index in [9.17, 15) is 9.90 Å². The molecule has 0 saturated heterocycles. The summed E-state index contributed by atoms with van der Waals surface area (Å²) < 4.78 is 0. The summed E-state index contributed by atoms with van der Waals surface area (Å²) in [5.41, 5.74) is 0.963. The van der Waals surface area contributed by atoms with Crippen LogP contribution in [0.4, 0.5) is 0 Å². The van der Waals surface area contributed by atoms with Gasteiger partial charge in [0.05, 0.1) is 5.92 Å². The van der Waals surface area contributed by atoms with Crippen molar-refractivity contribution < 1.29 is 9.90 Å². The molecule has 3 rings (SSSR count). The van der Waals surface area contributed by atoms with E-state index < -0.39 is 5.97 Å². The van der Waals surface area contributed by atoms with Crippen LogP contribution in [-0.4, -0.2) is 11.1 Å². The number of rotatable bonds is 5. The van der Waals surface area contributed by atoms with E-state index >= 15 is 0 Å². The molecule has 2 fully saturated rings. The number of benzene rings is 1. The number of carboxylic acid groups (broad SMARTS) is 1. The molecule has 2 bridgehead atoms. The third-order valence-corrected chi connectivity index (χ3v) is 5.61. The zero-order valence-corrected chi connectivity index (χ0v) is 12.4. The number of fused-ring (bicyclic) bond motifs is 2. The summed E-state index contributed by atoms with van der Waals surface area (Å²) in [4.78, 5) is 11.6. The van der Waals surface area contributed by atoms with Crippen molar-refractivity contribution in [1.29, 1.82) is 0 Å². The van der Waals surface area contributed by atoms with Crippen LogP contribution >= 0.6 is 11.6 Å². The molecular weight excluding hydrogens is 272 g/mol. The van der Waals surface area contributed by atoms with Crippen LogP contribution < -0.4 is 0 Å². The van der Waals surface area contributed by atoms with Gasteiger partial charge in [0.2, 0.25) is 0 Å². The minimum absolute atomic E-state index is 0.292. The molecule has 108 valence electrons. The lowest BCUT2D eigenvalue weighted by Crippen LogP contribution is -2.23. The average Bonchev–Trinajstić information content (AvgIpc) is 3.02. The first-order chi connectivity index (χ1) is 9.63. The maximum atomic E-state index is 11.6. The molecule has 2 aliphatic carbocycles. The maximum Gasteiger partial charge on any atom is 0.306 e. The molecule has 0 radical (unpaired) electrons. The Hall–Kier alpha value is -1.02. The van der Waals surface area contributed by atoms with Gasteiger partial charge in [-0.3, -0.25) is 4.79 Å². The molecule has 2 nitrogen and oxygen atoms in total. The SMILES string of the molecule is O=C(O)C(Cc1ccccc1Cl)CC1CC2CCC1C2. The molecule has 0 spiro atoms. The highest BCUT2D eigenvalue weighted by Crippen LogP contribution is 2.50. The Labute approximate surface area is 125 Å². The van der Waals surface area contributed by atoms with E-state index in [-0.39, 0.29) is 5.92 Å². The first-order valence-electron chi connectivity index (χ1n) is 7.59. The van der Waals surface area contributed by atoms with Crippen molar-refractivity contribution in [2.24, 2.45) is 23.7 Å². The summed E-state index contributed by atoms with van der Waals surface area (Å²) >= 11 is 6.16. The van der Waals surface area contributed by atoms with Gasteiger partial charge in [-0.2, -0.15) is 0 Å². The van der Waals surface area contributed by atoms with Gasteiger partial charge in [-0.1, -0.05) is 36.2 Å². The first-order valence-corrected chi connectivity index (χ1v) is 7.97. The lowest BCUT2D eigenvalue weighted by atomic mass is 9.80. The predicted molar refractivity (Wildman–Crippen MR) is 79.8 cm³/mol. The fourth-order valence-corrected chi connectivity index (χ4v) is 4.44. The van der Waals surface area contributed by atoms with Gasteiger partial charge in [0, 0.05) is 5.02 Å². The number of carbonyl (C=O) groups is 1. The van der Waals surface area contributed by atoms with Crippen molar-refractivity contribution in [2.75, 3.05) is 0 Å². The molecule has 1 aromatic carbocycles. The van der Waals surface area contributed by atoms with Gasteiger partial charge in [0.25, 0.3) is 0 Å². The van der Waals surface area contributed by atoms with Gasteiger partial charge < -0.3 is 5.11 Å². The summed E-state index contributed by atoms with van der Waals surface area (Å²) in [6, 6.07) is 7.60. The van der Waals surface area contributed by atoms with E-state index in [2.05, 4.69) is 0 Å². The summed E-state index contributed by atoms with van der Waals surface area (Å²) in [6.45, 7) is 0. The van der Waals surface area contributed by atoms with E-state index in [0.717, 1.165) is 23.8 Å². The largest absolute Gasteiger partial charge is 0.481 e. The molecule has 0 heterocycles. The minimum atomic E-state index is -0.673. The van der Waals surface area contributed by atoms with Gasteiger partial charge in [-0.25, -0.2) is 0 Å². The van der Waals surface area contributed by atoms with Crippen molar-refractivity contribution in [2.45, 2.75) is 38.5 Å². The van der Waals surface area contributed by atoms with Crippen molar-refractivity contribution in [3.05, 3.63) is 34.9 Å². The highest BCUT2D eigenvalue weighted by molar-refractivity contribution is 6.31. The summed E-state index contributed by atoms with van der Waals surface area (Å²) in [6.07, 6.45) is 6.64. The molecule has 20 heavy (non-hydrogen) atoms. The third-order valence-electron chi connectivity index (χ3n) is 5.25. The fraction of sp³-hybridized carbons (Fsp3) is 0.588. The molecule has 2 saturated carbocycles. The van der Waals surface area contributed by atoms with Crippen LogP contribution in [0.15, 0.2) is 24.3 Å². The predicted octanol–water partition coefficient (Wildman–Crippen LogP) is 4.41. The maximum absolute atomic E-state index is 11.6. The second kappa shape index (κ2) is 5.77. The number of carboxylic acids is 1. The van der Waals surface area contributed by atoms with Crippen LogP contribution in [0.25, 0.3) is 0 Å². The lowest BCUT2D eigenvalue weighted by molar-refractivity contribution is -0.142. The van der Waals surface area contributed by atoms with Crippen LogP contribution in [0.2, 0.25) is 5.02 Å². The normalized spacial score (nSPS) is 29.6. The Bertz CT molecular complexity index is 500. The zero-order chi connectivity index (χ0) is 14.1. The molecule has 1 aromatic rings. The molecule has 4 atom stereocenters. The van der Waals surface area contributed by atoms with Gasteiger partial charge >= 0.3 is 5.97 Å². The molecule has 2 aliphatic rings. The molecule has 0 amide bonds. The molecule has 0 aromatic heterocycles. The van der Waals surface area contributed by atoms with Gasteiger partial charge in [-0.05, 0) is 61.5 Å². The number of aliphatic carboxylic acids is 1. The highest BCUT2D eigenvalue weighted by atomic mass is 35.5.